The first-order valence-corrected chi connectivity index (χ1v) is 34.2. The van der Waals surface area contributed by atoms with Crippen molar-refractivity contribution in [1.82, 2.24) is 74.4 Å². The molecule has 0 aliphatic carbocycles. The monoisotopic (exact) mass is 1510 g/mol. The molecule has 40 nitrogen and oxygen atoms in total. The summed E-state index contributed by atoms with van der Waals surface area (Å²) in [7, 11) is 0. The van der Waals surface area contributed by atoms with Crippen LogP contribution in [0.3, 0.4) is 0 Å². The van der Waals surface area contributed by atoms with Crippen LogP contribution in [0.4, 0.5) is 0 Å². The Kier molecular flexibility index (Phi) is 40.2. The van der Waals surface area contributed by atoms with Gasteiger partial charge in [0.2, 0.25) is 82.7 Å². The van der Waals surface area contributed by atoms with Crippen molar-refractivity contribution in [2.24, 2.45) is 39.9 Å². The van der Waals surface area contributed by atoms with Gasteiger partial charge in [0.1, 0.15) is 66.2 Å². The van der Waals surface area contributed by atoms with Crippen LogP contribution in [0.25, 0.3) is 0 Å². The first kappa shape index (κ1) is 91.5. The number of nitrogens with two attached hydrogens (primary N) is 3. The Morgan fingerprint density at radius 1 is 0.430 bits per heavy atom. The zero-order chi connectivity index (χ0) is 80.8. The number of aliphatic hydroxyl groups excluding tert-OH is 1. The van der Waals surface area contributed by atoms with Crippen molar-refractivity contribution in [2.75, 3.05) is 39.3 Å². The number of hydrogen-bond donors (Lipinski definition) is 22. The van der Waals surface area contributed by atoms with E-state index >= 15 is 0 Å². The summed E-state index contributed by atoms with van der Waals surface area (Å²) in [6, 6.07) is -2.75. The number of rotatable bonds is 48. The summed E-state index contributed by atoms with van der Waals surface area (Å²) in [6.07, 6.45) is -2.09. The van der Waals surface area contributed by atoms with Gasteiger partial charge in [-0.3, -0.25) is 81.7 Å². The highest BCUT2D eigenvalue weighted by Gasteiger charge is 2.36. The Bertz CT molecular complexity index is 3450. The highest BCUT2D eigenvalue weighted by atomic mass is 16.4. The van der Waals surface area contributed by atoms with E-state index in [1.165, 1.54) is 38.1 Å². The third kappa shape index (κ3) is 36.1. The molecule has 2 rings (SSSR count). The molecule has 0 fully saturated rings. The SMILES string of the molecule is CC[C@H](C)[C@H](NC(=O)CNC(=O)CNC(=O)[C@H](CO)NC(=O)[C@@H](N)CC(=O)O)C(=O)N[C@@H](C)C(=O)N[C@@H](C)C(=O)N[C@@H](CCCN=C(N)N)C(=O)N[C@@H](CC(C)C)C(=O)NCC(=O)NCC(=O)N[C@@H](Cc1ccc(O)cc1)C(=O)N[C@@H](Cc1ccccc1)C(=O)N[C@@H](CC(=O)O)C(=O)N[C@@H](CC(C)C)C(=O)O. The number of nitrogens with zero attached hydrogens (tertiary/aromatic N) is 1. The molecule has 0 heterocycles. The van der Waals surface area contributed by atoms with Crippen molar-refractivity contribution in [3.63, 3.8) is 0 Å². The highest BCUT2D eigenvalue weighted by Crippen LogP contribution is 2.15. The number of aromatic hydroxyl groups is 1. The number of guanidine groups is 1. The molecule has 0 aliphatic heterocycles. The van der Waals surface area contributed by atoms with Gasteiger partial charge in [0.25, 0.3) is 0 Å². The van der Waals surface area contributed by atoms with Gasteiger partial charge in [-0.1, -0.05) is 90.4 Å². The maximum absolute atomic E-state index is 14.3. The van der Waals surface area contributed by atoms with Crippen LogP contribution in [0, 0.1) is 17.8 Å². The molecule has 0 saturated carbocycles. The molecule has 12 atom stereocenters. The smallest absolute Gasteiger partial charge is 0.326 e. The number of amides is 14. The molecule has 0 bridgehead atoms. The molecular weight excluding hydrogens is 1410 g/mol. The van der Waals surface area contributed by atoms with Crippen LogP contribution in [-0.4, -0.2) is 238 Å². The van der Waals surface area contributed by atoms with Crippen LogP contribution in [0.5, 0.6) is 5.75 Å². The van der Waals surface area contributed by atoms with Gasteiger partial charge >= 0.3 is 17.9 Å². The van der Waals surface area contributed by atoms with E-state index in [1.54, 1.807) is 71.9 Å². The predicted octanol–water partition coefficient (Wildman–Crippen LogP) is -6.92. The molecule has 25 N–H and O–H groups in total. The largest absolute Gasteiger partial charge is 0.508 e. The summed E-state index contributed by atoms with van der Waals surface area (Å²) in [6.45, 7) is 8.65. The van der Waals surface area contributed by atoms with Gasteiger partial charge < -0.3 is 117 Å². The van der Waals surface area contributed by atoms with E-state index in [2.05, 4.69) is 79.4 Å². The summed E-state index contributed by atoms with van der Waals surface area (Å²) >= 11 is 0. The second-order valence-corrected chi connectivity index (χ2v) is 26.0. The number of phenols is 1. The number of aliphatic carboxylic acids is 3. The fraction of sp³-hybridized carbons (Fsp3) is 0.552. The molecule has 0 aliphatic rings. The van der Waals surface area contributed by atoms with Crippen molar-refractivity contribution < 1.29 is 107 Å². The average Bonchev–Trinajstić information content (AvgIpc) is 0.857. The average molecular weight is 1510 g/mol. The third-order valence-electron chi connectivity index (χ3n) is 15.8. The molecule has 0 aromatic heterocycles. The zero-order valence-corrected chi connectivity index (χ0v) is 60.7. The highest BCUT2D eigenvalue weighted by molar-refractivity contribution is 6.00. The van der Waals surface area contributed by atoms with Gasteiger partial charge in [0.15, 0.2) is 5.96 Å². The Morgan fingerprint density at radius 2 is 0.850 bits per heavy atom. The Hall–Kier alpha value is -11.6. The first-order chi connectivity index (χ1) is 50.2. The van der Waals surface area contributed by atoms with E-state index < -0.39 is 219 Å². The minimum absolute atomic E-state index is 0.0205. The number of phenolic OH excluding ortho intramolecular Hbond substituents is 1. The maximum atomic E-state index is 14.3. The molecule has 107 heavy (non-hydrogen) atoms. The Morgan fingerprint density at radius 3 is 1.36 bits per heavy atom. The minimum atomic E-state index is -1.83. The molecular formula is C67H102N18O22. The van der Waals surface area contributed by atoms with E-state index in [1.807, 2.05) is 0 Å². The predicted molar refractivity (Wildman–Crippen MR) is 380 cm³/mol. The fourth-order valence-corrected chi connectivity index (χ4v) is 9.84. The van der Waals surface area contributed by atoms with Gasteiger partial charge in [0, 0.05) is 19.4 Å². The van der Waals surface area contributed by atoms with Gasteiger partial charge in [-0.2, -0.15) is 0 Å². The maximum Gasteiger partial charge on any atom is 0.326 e. The quantitative estimate of drug-likeness (QED) is 0.0166. The van der Waals surface area contributed by atoms with E-state index in [0.29, 0.717) is 17.5 Å². The lowest BCUT2D eigenvalue weighted by Gasteiger charge is -2.26. The van der Waals surface area contributed by atoms with E-state index in [0.717, 1.165) is 0 Å². The van der Waals surface area contributed by atoms with Crippen molar-refractivity contribution in [3.05, 3.63) is 65.7 Å². The van der Waals surface area contributed by atoms with Crippen LogP contribution in [0.2, 0.25) is 0 Å². The molecule has 0 radical (unpaired) electrons. The van der Waals surface area contributed by atoms with E-state index in [9.17, 15) is 102 Å². The van der Waals surface area contributed by atoms with Crippen LogP contribution < -0.4 is 91.6 Å². The Balaban J connectivity index is 2.21. The number of carboxylic acids is 3. The van der Waals surface area contributed by atoms with Gasteiger partial charge in [-0.25, -0.2) is 4.79 Å². The molecule has 0 spiro atoms. The number of aliphatic imine (C=N–C) groups is 1. The molecule has 592 valence electrons. The number of nitrogens with one attached hydrogen (secondary N) is 14. The van der Waals surface area contributed by atoms with Crippen molar-refractivity contribution >= 4 is 107 Å². The lowest BCUT2D eigenvalue weighted by Crippen LogP contribution is -2.59. The minimum Gasteiger partial charge on any atom is -0.508 e. The molecule has 40 heteroatoms. The Labute approximate surface area is 616 Å². The van der Waals surface area contributed by atoms with Crippen molar-refractivity contribution in [1.29, 1.82) is 0 Å². The number of benzene rings is 2. The van der Waals surface area contributed by atoms with E-state index in [4.69, 9.17) is 22.3 Å². The number of aliphatic hydroxyl groups is 1. The fourth-order valence-electron chi connectivity index (χ4n) is 9.84. The van der Waals surface area contributed by atoms with Gasteiger partial charge in [-0.15, -0.1) is 0 Å². The van der Waals surface area contributed by atoms with Crippen molar-refractivity contribution in [2.45, 2.75) is 180 Å². The number of carbonyl (C=O) groups is 17. The summed E-state index contributed by atoms with van der Waals surface area (Å²) in [5.74, 6) is -19.3. The topological polar surface area (TPSA) is 650 Å². The van der Waals surface area contributed by atoms with Crippen LogP contribution in [-0.2, 0) is 94.3 Å². The number of carboxylic acid groups (broad SMARTS) is 3. The lowest BCUT2D eigenvalue weighted by atomic mass is 9.98. The molecule has 0 unspecified atom stereocenters. The second-order valence-electron chi connectivity index (χ2n) is 26.0. The molecule has 2 aromatic rings. The summed E-state index contributed by atoms with van der Waals surface area (Å²) in [4.78, 5) is 226. The number of carbonyl (C=O) groups excluding carboxylic acids is 14. The zero-order valence-electron chi connectivity index (χ0n) is 60.7. The summed E-state index contributed by atoms with van der Waals surface area (Å²) in [5, 5.41) is 81.0. The number of hydrogen-bond acceptors (Lipinski definition) is 21. The third-order valence-corrected chi connectivity index (χ3v) is 15.8. The second kappa shape index (κ2) is 47.0. The van der Waals surface area contributed by atoms with Crippen LogP contribution >= 0.6 is 0 Å². The van der Waals surface area contributed by atoms with Crippen molar-refractivity contribution in [3.8, 4) is 5.75 Å². The van der Waals surface area contributed by atoms with E-state index in [-0.39, 0.29) is 68.6 Å². The molecule has 2 aromatic carbocycles. The van der Waals surface area contributed by atoms with Crippen LogP contribution in [0.1, 0.15) is 111 Å². The summed E-state index contributed by atoms with van der Waals surface area (Å²) < 4.78 is 0. The first-order valence-electron chi connectivity index (χ1n) is 34.2. The summed E-state index contributed by atoms with van der Waals surface area (Å²) in [5.41, 5.74) is 17.3. The van der Waals surface area contributed by atoms with Gasteiger partial charge in [-0.05, 0) is 80.5 Å². The standard InChI is InChI=1S/C67H102N18O22/c1-9-35(6)55(85-52(91)31-73-50(89)29-75-60(100)48(32-86)84-58(98)41(68)26-53(92)93)65(105)77-36(7)56(96)76-37(8)57(97)79-42(16-13-21-71-67(69)70)61(101)80-43(22-33(2)3)59(99)74-28-49(88)72-30-51(90)78-44(25-39-17-19-40(87)20-18-39)62(102)81-45(24-38-14-11-10-12-15-38)63(103)82-46(27-54(94)95)64(104)83-47(66(106)107)23-34(4)5/h10-12,14-15,17-20,33-37,41-48,55,86-87H,9,13,16,21-32,68H2,1-8H3,(H,72,88)(H,73,89)(H,74,99)(H,75,100)(H,76,96)(H,77,105)(H,78,90)(H,79,97)(H,80,101)(H,81,102)(H,82,103)(H,83,104)(H,84,98)(H,85,91)(H,92,93)(H,94,95)(H,106,107)(H4,69,70,71)/t35-,36-,37-,41-,42-,43-,44-,45-,46-,47-,48-,55-/m0/s1. The molecule has 14 amide bonds. The lowest BCUT2D eigenvalue weighted by molar-refractivity contribution is -0.144. The normalized spacial score (nSPS) is 14.3. The molecule has 0 saturated heterocycles. The van der Waals surface area contributed by atoms with Gasteiger partial charge in [0.05, 0.1) is 51.7 Å². The van der Waals surface area contributed by atoms with Crippen LogP contribution in [0.15, 0.2) is 59.6 Å².